The van der Waals surface area contributed by atoms with Crippen LogP contribution in [-0.4, -0.2) is 31.7 Å². The average molecular weight is 370 g/mol. The van der Waals surface area contributed by atoms with Crippen LogP contribution in [0.15, 0.2) is 52.2 Å². The van der Waals surface area contributed by atoms with Crippen LogP contribution in [0.1, 0.15) is 30.3 Å². The Hall–Kier alpha value is -2.51. The highest BCUT2D eigenvalue weighted by Crippen LogP contribution is 2.46. The Morgan fingerprint density at radius 1 is 1.23 bits per heavy atom. The average Bonchev–Trinajstić information content (AvgIpc) is 2.94. The van der Waals surface area contributed by atoms with Gasteiger partial charge in [0.15, 0.2) is 5.76 Å². The van der Waals surface area contributed by atoms with Gasteiger partial charge in [0.25, 0.3) is 0 Å². The number of thioether (sulfide) groups is 1. The maximum absolute atomic E-state index is 10.9. The molecule has 136 valence electrons. The summed E-state index contributed by atoms with van der Waals surface area (Å²) in [6, 6.07) is 9.41. The molecule has 0 fully saturated rings. The molecule has 7 heteroatoms. The highest BCUT2D eigenvalue weighted by Gasteiger charge is 2.29. The fourth-order valence-corrected chi connectivity index (χ4v) is 3.98. The molecule has 0 radical (unpaired) electrons. The lowest BCUT2D eigenvalue weighted by atomic mass is 10.2. The second kappa shape index (κ2) is 7.80. The quantitative estimate of drug-likeness (QED) is 0.694. The number of anilines is 1. The second-order valence-corrected chi connectivity index (χ2v) is 7.10. The number of aryl methyl sites for hydroxylation is 1. The van der Waals surface area contributed by atoms with Gasteiger partial charge in [0.05, 0.1) is 6.54 Å². The summed E-state index contributed by atoms with van der Waals surface area (Å²) in [4.78, 5) is 11.5. The Bertz CT molecular complexity index is 865. The van der Waals surface area contributed by atoms with E-state index in [-0.39, 0.29) is 12.4 Å². The number of aliphatic hydroxyl groups is 2. The van der Waals surface area contributed by atoms with Gasteiger partial charge in [0.1, 0.15) is 16.7 Å². The van der Waals surface area contributed by atoms with Crippen LogP contribution in [0, 0.1) is 6.92 Å². The number of nitrogens with two attached hydrogens (primary N) is 1. The maximum Gasteiger partial charge on any atom is 0.153 e. The van der Waals surface area contributed by atoms with Crippen molar-refractivity contribution in [2.75, 3.05) is 12.3 Å². The third-order valence-electron chi connectivity index (χ3n) is 4.21. The summed E-state index contributed by atoms with van der Waals surface area (Å²) in [5.41, 5.74) is 8.57. The Kier molecular flexibility index (Phi) is 5.49. The molecule has 1 aliphatic heterocycles. The minimum absolute atomic E-state index is 0.0582. The molecule has 4 N–H and O–H groups in total. The van der Waals surface area contributed by atoms with Crippen molar-refractivity contribution in [3.05, 3.63) is 69.1 Å². The van der Waals surface area contributed by atoms with Crippen LogP contribution in [0.3, 0.4) is 0 Å². The van der Waals surface area contributed by atoms with E-state index in [2.05, 4.69) is 9.97 Å². The zero-order valence-corrected chi connectivity index (χ0v) is 15.6. The van der Waals surface area contributed by atoms with Crippen molar-refractivity contribution >= 4 is 23.3 Å². The van der Waals surface area contributed by atoms with Crippen molar-refractivity contribution in [2.24, 2.45) is 0 Å². The fraction of sp³-hybridized carbons (Fsp3) is 0.263. The zero-order chi connectivity index (χ0) is 18.7. The first kappa shape index (κ1) is 18.3. The molecule has 0 saturated heterocycles. The maximum atomic E-state index is 10.9. The lowest BCUT2D eigenvalue weighted by Gasteiger charge is -2.23. The molecule has 1 aromatic heterocycles. The Morgan fingerprint density at radius 3 is 2.62 bits per heavy atom. The summed E-state index contributed by atoms with van der Waals surface area (Å²) in [5.74, 6) is 1.26. The molecule has 1 aromatic carbocycles. The molecule has 0 spiro atoms. The van der Waals surface area contributed by atoms with Gasteiger partial charge in [-0.1, -0.05) is 42.1 Å². The molecular weight excluding hydrogens is 348 g/mol. The molecule has 2 aromatic rings. The van der Waals surface area contributed by atoms with Gasteiger partial charge in [-0.25, -0.2) is 9.97 Å². The van der Waals surface area contributed by atoms with Gasteiger partial charge in [-0.3, -0.25) is 0 Å². The summed E-state index contributed by atoms with van der Waals surface area (Å²) < 4.78 is 0. The predicted molar refractivity (Wildman–Crippen MR) is 105 cm³/mol. The highest BCUT2D eigenvalue weighted by atomic mass is 32.2. The number of hydrogen-bond donors (Lipinski definition) is 3. The number of aliphatic hydroxyl groups excluding tert-OH is 2. The Morgan fingerprint density at radius 2 is 1.96 bits per heavy atom. The number of nitrogens with zero attached hydrogens (tertiary/aromatic N) is 3. The summed E-state index contributed by atoms with van der Waals surface area (Å²) >= 11 is 1.48. The van der Waals surface area contributed by atoms with Crippen LogP contribution < -0.4 is 5.73 Å². The van der Waals surface area contributed by atoms with E-state index in [0.717, 1.165) is 26.8 Å². The number of rotatable bonds is 5. The standard InChI is InChI=1S/C19H22N4O2S/c1-12-16(8-9-24)26-19(17(25)14-6-4-3-5-7-14)23(12)11-15-10-21-13(2)22-18(15)20/h3-7,10,24-25H,8-9,11H2,1-2H3,(H2,20,21,22)/b19-17-. The molecule has 0 bridgehead atoms. The van der Waals surface area contributed by atoms with Crippen molar-refractivity contribution in [2.45, 2.75) is 26.8 Å². The number of allylic oxidation sites excluding steroid dienone is 1. The van der Waals surface area contributed by atoms with Crippen molar-refractivity contribution in [3.63, 3.8) is 0 Å². The van der Waals surface area contributed by atoms with Crippen LogP contribution in [0.4, 0.5) is 5.82 Å². The van der Waals surface area contributed by atoms with Gasteiger partial charge in [-0.15, -0.1) is 0 Å². The van der Waals surface area contributed by atoms with Gasteiger partial charge in [0.2, 0.25) is 0 Å². The van der Waals surface area contributed by atoms with E-state index in [9.17, 15) is 10.2 Å². The third kappa shape index (κ3) is 3.68. The molecule has 0 saturated carbocycles. The van der Waals surface area contributed by atoms with Crippen molar-refractivity contribution in [3.8, 4) is 0 Å². The highest BCUT2D eigenvalue weighted by molar-refractivity contribution is 8.07. The lowest BCUT2D eigenvalue weighted by Crippen LogP contribution is -2.19. The van der Waals surface area contributed by atoms with E-state index >= 15 is 0 Å². The molecule has 0 atom stereocenters. The van der Waals surface area contributed by atoms with E-state index < -0.39 is 0 Å². The van der Waals surface area contributed by atoms with Crippen LogP contribution in [0.5, 0.6) is 0 Å². The predicted octanol–water partition coefficient (Wildman–Crippen LogP) is 3.41. The first-order valence-electron chi connectivity index (χ1n) is 8.34. The molecule has 1 aliphatic rings. The van der Waals surface area contributed by atoms with Crippen molar-refractivity contribution in [1.29, 1.82) is 0 Å². The summed E-state index contributed by atoms with van der Waals surface area (Å²) in [6.07, 6.45) is 2.26. The third-order valence-corrected chi connectivity index (χ3v) is 5.56. The molecule has 3 rings (SSSR count). The molecule has 2 heterocycles. The van der Waals surface area contributed by atoms with Crippen LogP contribution in [0.25, 0.3) is 5.76 Å². The summed E-state index contributed by atoms with van der Waals surface area (Å²) in [5, 5.41) is 20.9. The fourth-order valence-electron chi connectivity index (χ4n) is 2.77. The second-order valence-electron chi connectivity index (χ2n) is 6.02. The minimum atomic E-state index is 0.0582. The summed E-state index contributed by atoms with van der Waals surface area (Å²) in [6.45, 7) is 4.28. The zero-order valence-electron chi connectivity index (χ0n) is 14.8. The smallest absolute Gasteiger partial charge is 0.153 e. The van der Waals surface area contributed by atoms with Gasteiger partial charge in [-0.2, -0.15) is 0 Å². The van der Waals surface area contributed by atoms with E-state index in [1.54, 1.807) is 13.1 Å². The minimum Gasteiger partial charge on any atom is -0.505 e. The van der Waals surface area contributed by atoms with Gasteiger partial charge < -0.3 is 20.8 Å². The SMILES string of the molecule is CC1=C(CCO)S/C(=C(\O)c2ccccc2)N1Cc1cnc(C)nc1N. The van der Waals surface area contributed by atoms with Gasteiger partial charge >= 0.3 is 0 Å². The lowest BCUT2D eigenvalue weighted by molar-refractivity contribution is 0.300. The molecule has 6 nitrogen and oxygen atoms in total. The summed E-state index contributed by atoms with van der Waals surface area (Å²) in [7, 11) is 0. The van der Waals surface area contributed by atoms with Gasteiger partial charge in [0, 0.05) is 41.0 Å². The number of benzene rings is 1. The molecule has 0 amide bonds. The monoisotopic (exact) mass is 370 g/mol. The van der Waals surface area contributed by atoms with Crippen LogP contribution in [0.2, 0.25) is 0 Å². The number of aromatic nitrogens is 2. The largest absolute Gasteiger partial charge is 0.505 e. The van der Waals surface area contributed by atoms with E-state index in [0.29, 0.717) is 24.6 Å². The Labute approximate surface area is 157 Å². The molecule has 26 heavy (non-hydrogen) atoms. The number of nitrogen functional groups attached to an aromatic ring is 1. The van der Waals surface area contributed by atoms with Crippen LogP contribution in [-0.2, 0) is 6.54 Å². The number of hydrogen-bond acceptors (Lipinski definition) is 7. The first-order chi connectivity index (χ1) is 12.5. The normalized spacial score (nSPS) is 16.3. The molecule has 0 unspecified atom stereocenters. The Balaban J connectivity index is 2.01. The van der Waals surface area contributed by atoms with E-state index in [4.69, 9.17) is 5.73 Å². The van der Waals surface area contributed by atoms with Gasteiger partial charge in [-0.05, 0) is 13.8 Å². The van der Waals surface area contributed by atoms with E-state index in [1.165, 1.54) is 11.8 Å². The molecular formula is C19H22N4O2S. The topological polar surface area (TPSA) is 95.5 Å². The van der Waals surface area contributed by atoms with Crippen molar-refractivity contribution < 1.29 is 10.2 Å². The first-order valence-corrected chi connectivity index (χ1v) is 9.15. The molecule has 0 aliphatic carbocycles. The van der Waals surface area contributed by atoms with Crippen LogP contribution >= 0.6 is 11.8 Å². The van der Waals surface area contributed by atoms with E-state index in [1.807, 2.05) is 42.2 Å². The van der Waals surface area contributed by atoms with Crippen molar-refractivity contribution in [1.82, 2.24) is 14.9 Å².